The van der Waals surface area contributed by atoms with Crippen LogP contribution < -0.4 is 5.32 Å². The van der Waals surface area contributed by atoms with Crippen LogP contribution in [0.2, 0.25) is 0 Å². The Morgan fingerprint density at radius 3 is 2.29 bits per heavy atom. The first-order chi connectivity index (χ1) is 9.82. The van der Waals surface area contributed by atoms with Gasteiger partial charge in [0.15, 0.2) is 0 Å². The molecule has 4 aliphatic rings. The van der Waals surface area contributed by atoms with E-state index in [-0.39, 0.29) is 0 Å². The SMILES string of the molecule is CC12CC3CC(C)(C1)CC(NCCCCCC(=O)O)(C3)C2. The molecular formula is C18H31NO2. The molecule has 2 N–H and O–H groups in total. The highest BCUT2D eigenvalue weighted by Crippen LogP contribution is 2.66. The summed E-state index contributed by atoms with van der Waals surface area (Å²) in [4.78, 5) is 10.5. The van der Waals surface area contributed by atoms with Crippen molar-refractivity contribution in [1.29, 1.82) is 0 Å². The Kier molecular flexibility index (Phi) is 3.84. The maximum Gasteiger partial charge on any atom is 0.303 e. The van der Waals surface area contributed by atoms with E-state index in [9.17, 15) is 4.79 Å². The zero-order chi connectivity index (χ0) is 15.1. The molecule has 0 spiro atoms. The van der Waals surface area contributed by atoms with Crippen molar-refractivity contribution in [3.8, 4) is 0 Å². The molecule has 2 atom stereocenters. The van der Waals surface area contributed by atoms with Gasteiger partial charge in [-0.25, -0.2) is 0 Å². The number of unbranched alkanes of at least 4 members (excludes halogenated alkanes) is 2. The molecule has 3 heteroatoms. The summed E-state index contributed by atoms with van der Waals surface area (Å²) in [5.74, 6) is 0.278. The lowest BCUT2D eigenvalue weighted by Gasteiger charge is -2.65. The van der Waals surface area contributed by atoms with Crippen molar-refractivity contribution in [2.24, 2.45) is 16.7 Å². The van der Waals surface area contributed by atoms with E-state index in [1.165, 1.54) is 38.5 Å². The Bertz CT molecular complexity index is 401. The molecule has 0 aromatic carbocycles. The number of hydrogen-bond donors (Lipinski definition) is 2. The number of aliphatic carboxylic acids is 1. The van der Waals surface area contributed by atoms with Gasteiger partial charge in [0.25, 0.3) is 0 Å². The second kappa shape index (κ2) is 5.26. The first-order valence-electron chi connectivity index (χ1n) is 8.79. The minimum atomic E-state index is -0.662. The third kappa shape index (κ3) is 3.28. The minimum absolute atomic E-state index is 0.323. The van der Waals surface area contributed by atoms with Crippen molar-refractivity contribution < 1.29 is 9.90 Å². The quantitative estimate of drug-likeness (QED) is 0.698. The fourth-order valence-corrected chi connectivity index (χ4v) is 6.58. The second-order valence-electron chi connectivity index (χ2n) is 9.04. The van der Waals surface area contributed by atoms with E-state index in [2.05, 4.69) is 19.2 Å². The van der Waals surface area contributed by atoms with E-state index in [1.807, 2.05) is 0 Å². The third-order valence-electron chi connectivity index (χ3n) is 6.19. The van der Waals surface area contributed by atoms with Gasteiger partial charge in [0, 0.05) is 12.0 Å². The molecule has 4 fully saturated rings. The van der Waals surface area contributed by atoms with Crippen molar-refractivity contribution in [3.05, 3.63) is 0 Å². The smallest absolute Gasteiger partial charge is 0.303 e. The Morgan fingerprint density at radius 1 is 1.05 bits per heavy atom. The van der Waals surface area contributed by atoms with Crippen LogP contribution in [0.5, 0.6) is 0 Å². The van der Waals surface area contributed by atoms with Gasteiger partial charge in [-0.3, -0.25) is 4.79 Å². The monoisotopic (exact) mass is 293 g/mol. The maximum atomic E-state index is 10.5. The topological polar surface area (TPSA) is 49.3 Å². The molecule has 21 heavy (non-hydrogen) atoms. The van der Waals surface area contributed by atoms with Crippen LogP contribution in [0.1, 0.15) is 78.1 Å². The van der Waals surface area contributed by atoms with Gasteiger partial charge in [0.2, 0.25) is 0 Å². The molecule has 0 radical (unpaired) electrons. The average molecular weight is 293 g/mol. The summed E-state index contributed by atoms with van der Waals surface area (Å²) in [5.41, 5.74) is 1.55. The van der Waals surface area contributed by atoms with Crippen molar-refractivity contribution in [3.63, 3.8) is 0 Å². The number of nitrogens with one attached hydrogen (secondary N) is 1. The fraction of sp³-hybridized carbons (Fsp3) is 0.944. The van der Waals surface area contributed by atoms with Gasteiger partial charge < -0.3 is 10.4 Å². The second-order valence-corrected chi connectivity index (χ2v) is 9.04. The molecular weight excluding hydrogens is 262 g/mol. The van der Waals surface area contributed by atoms with Gasteiger partial charge in [-0.05, 0) is 74.7 Å². The van der Waals surface area contributed by atoms with E-state index in [0.29, 0.717) is 22.8 Å². The lowest BCUT2D eigenvalue weighted by atomic mass is 9.43. The molecule has 3 nitrogen and oxygen atoms in total. The van der Waals surface area contributed by atoms with Crippen LogP contribution in [-0.2, 0) is 4.79 Å². The fourth-order valence-electron chi connectivity index (χ4n) is 6.58. The molecule has 0 heterocycles. The maximum absolute atomic E-state index is 10.5. The van der Waals surface area contributed by atoms with Crippen LogP contribution in [-0.4, -0.2) is 23.2 Å². The van der Waals surface area contributed by atoms with E-state index >= 15 is 0 Å². The molecule has 4 bridgehead atoms. The van der Waals surface area contributed by atoms with Gasteiger partial charge in [-0.1, -0.05) is 20.3 Å². The first kappa shape index (κ1) is 15.3. The zero-order valence-corrected chi connectivity index (χ0v) is 13.7. The normalized spacial score (nSPS) is 44.2. The molecule has 120 valence electrons. The number of carbonyl (C=O) groups is 1. The number of carboxylic acids is 1. The molecule has 2 unspecified atom stereocenters. The summed E-state index contributed by atoms with van der Waals surface area (Å²) >= 11 is 0. The third-order valence-corrected chi connectivity index (χ3v) is 6.19. The summed E-state index contributed by atoms with van der Waals surface area (Å²) in [7, 11) is 0. The van der Waals surface area contributed by atoms with Crippen molar-refractivity contribution in [1.82, 2.24) is 5.32 Å². The molecule has 4 saturated carbocycles. The van der Waals surface area contributed by atoms with Crippen LogP contribution >= 0.6 is 0 Å². The van der Waals surface area contributed by atoms with Gasteiger partial charge >= 0.3 is 5.97 Å². The highest BCUT2D eigenvalue weighted by atomic mass is 16.4. The van der Waals surface area contributed by atoms with Crippen molar-refractivity contribution in [2.75, 3.05) is 6.54 Å². The molecule has 4 aliphatic carbocycles. The predicted octanol–water partition coefficient (Wildman–Crippen LogP) is 3.97. The van der Waals surface area contributed by atoms with Gasteiger partial charge in [-0.15, -0.1) is 0 Å². The van der Waals surface area contributed by atoms with Crippen LogP contribution in [0.15, 0.2) is 0 Å². The molecule has 0 saturated heterocycles. The van der Waals surface area contributed by atoms with Crippen molar-refractivity contribution in [2.45, 2.75) is 83.6 Å². The van der Waals surface area contributed by atoms with Crippen molar-refractivity contribution >= 4 is 5.97 Å². The standard InChI is InChI=1S/C18H31NO2/c1-16-8-14-9-17(2,11-16)13-18(10-14,12-16)19-7-5-3-4-6-15(20)21/h14,19H,3-13H2,1-2H3,(H,20,21). The lowest BCUT2D eigenvalue weighted by Crippen LogP contribution is -2.64. The largest absolute Gasteiger partial charge is 0.481 e. The van der Waals surface area contributed by atoms with Gasteiger partial charge in [0.05, 0.1) is 0 Å². The average Bonchev–Trinajstić information content (AvgIpc) is 2.28. The lowest BCUT2D eigenvalue weighted by molar-refractivity contribution is -0.137. The number of rotatable bonds is 7. The van der Waals surface area contributed by atoms with E-state index < -0.39 is 5.97 Å². The summed E-state index contributed by atoms with van der Waals surface area (Å²) in [6, 6.07) is 0. The number of hydrogen-bond acceptors (Lipinski definition) is 2. The molecule has 0 amide bonds. The predicted molar refractivity (Wildman–Crippen MR) is 84.2 cm³/mol. The van der Waals surface area contributed by atoms with E-state index in [4.69, 9.17) is 5.11 Å². The highest BCUT2D eigenvalue weighted by molar-refractivity contribution is 5.66. The molecule has 0 aromatic heterocycles. The van der Waals surface area contributed by atoms with Crippen LogP contribution in [0.3, 0.4) is 0 Å². The Balaban J connectivity index is 1.50. The minimum Gasteiger partial charge on any atom is -0.481 e. The van der Waals surface area contributed by atoms with Gasteiger partial charge in [0.1, 0.15) is 0 Å². The van der Waals surface area contributed by atoms with Gasteiger partial charge in [-0.2, -0.15) is 0 Å². The summed E-state index contributed by atoms with van der Waals surface area (Å²) in [5, 5.41) is 12.6. The Labute approximate surface area is 128 Å². The highest BCUT2D eigenvalue weighted by Gasteiger charge is 2.59. The van der Waals surface area contributed by atoms with Crippen LogP contribution in [0.25, 0.3) is 0 Å². The number of carboxylic acid groups (broad SMARTS) is 1. The molecule has 4 rings (SSSR count). The van der Waals surface area contributed by atoms with E-state index in [1.54, 1.807) is 0 Å². The summed E-state index contributed by atoms with van der Waals surface area (Å²) in [6.45, 7) is 6.09. The van der Waals surface area contributed by atoms with Crippen LogP contribution in [0.4, 0.5) is 0 Å². The molecule has 0 aliphatic heterocycles. The Morgan fingerprint density at radius 2 is 1.71 bits per heavy atom. The van der Waals surface area contributed by atoms with Crippen LogP contribution in [0, 0.1) is 16.7 Å². The Hall–Kier alpha value is -0.570. The zero-order valence-electron chi connectivity index (χ0n) is 13.7. The molecule has 0 aromatic rings. The first-order valence-corrected chi connectivity index (χ1v) is 8.79. The van der Waals surface area contributed by atoms with E-state index in [0.717, 1.165) is 31.7 Å². The summed E-state index contributed by atoms with van der Waals surface area (Å²) in [6.07, 6.45) is 11.7. The summed E-state index contributed by atoms with van der Waals surface area (Å²) < 4.78 is 0.